The molecule has 0 saturated carbocycles. The van der Waals surface area contributed by atoms with Crippen molar-refractivity contribution >= 4 is 0 Å². The van der Waals surface area contributed by atoms with E-state index in [9.17, 15) is 0 Å². The molecule has 1 rings (SSSR count). The number of likely N-dealkylation sites (N-methyl/N-ethyl adjacent to an activating group) is 1. The van der Waals surface area contributed by atoms with E-state index in [1.165, 1.54) is 5.56 Å². The van der Waals surface area contributed by atoms with Crippen molar-refractivity contribution in [3.63, 3.8) is 0 Å². The fourth-order valence-corrected chi connectivity index (χ4v) is 2.01. The van der Waals surface area contributed by atoms with Crippen molar-refractivity contribution in [1.82, 2.24) is 4.90 Å². The van der Waals surface area contributed by atoms with E-state index in [0.717, 1.165) is 24.3 Å². The normalized spacial score (nSPS) is 14.2. The van der Waals surface area contributed by atoms with E-state index in [1.807, 2.05) is 12.1 Å². The van der Waals surface area contributed by atoms with Crippen LogP contribution in [-0.4, -0.2) is 44.8 Å². The Morgan fingerprint density at radius 3 is 2.45 bits per heavy atom. The van der Waals surface area contributed by atoms with Crippen LogP contribution < -0.4 is 15.2 Å². The Kier molecular flexibility index (Phi) is 6.30. The van der Waals surface area contributed by atoms with Gasteiger partial charge in [-0.3, -0.25) is 0 Å². The number of methoxy groups -OCH3 is 1. The molecule has 0 aliphatic rings. The highest BCUT2D eigenvalue weighted by atomic mass is 16.5. The minimum Gasteiger partial charge on any atom is -0.493 e. The molecule has 0 amide bonds. The van der Waals surface area contributed by atoms with E-state index >= 15 is 0 Å². The Hall–Kier alpha value is -1.26. The molecular formula is C16H28N2O2. The third-order valence-electron chi connectivity index (χ3n) is 3.79. The third kappa shape index (κ3) is 4.12. The van der Waals surface area contributed by atoms with Gasteiger partial charge >= 0.3 is 0 Å². The van der Waals surface area contributed by atoms with Gasteiger partial charge in [-0.1, -0.05) is 13.0 Å². The van der Waals surface area contributed by atoms with Crippen LogP contribution in [0.5, 0.6) is 11.5 Å². The quantitative estimate of drug-likeness (QED) is 0.794. The summed E-state index contributed by atoms with van der Waals surface area (Å²) in [5.74, 6) is 1.59. The second-order valence-electron chi connectivity index (χ2n) is 5.61. The summed E-state index contributed by atoms with van der Waals surface area (Å²) in [5.41, 5.74) is 7.07. The molecule has 114 valence electrons. The Balaban J connectivity index is 2.92. The van der Waals surface area contributed by atoms with E-state index in [4.69, 9.17) is 15.2 Å². The van der Waals surface area contributed by atoms with E-state index in [1.54, 1.807) is 7.11 Å². The first-order valence-electron chi connectivity index (χ1n) is 7.14. The predicted molar refractivity (Wildman–Crippen MR) is 83.6 cm³/mol. The van der Waals surface area contributed by atoms with Gasteiger partial charge in [-0.2, -0.15) is 0 Å². The molecule has 0 spiro atoms. The summed E-state index contributed by atoms with van der Waals surface area (Å²) >= 11 is 0. The van der Waals surface area contributed by atoms with Crippen molar-refractivity contribution in [1.29, 1.82) is 0 Å². The summed E-state index contributed by atoms with van der Waals surface area (Å²) in [6.07, 6.45) is 1.86. The zero-order chi connectivity index (χ0) is 15.2. The van der Waals surface area contributed by atoms with Gasteiger partial charge in [0, 0.05) is 12.1 Å². The van der Waals surface area contributed by atoms with Gasteiger partial charge in [0.15, 0.2) is 11.5 Å². The van der Waals surface area contributed by atoms with Crippen LogP contribution in [0.15, 0.2) is 18.2 Å². The monoisotopic (exact) mass is 280 g/mol. The van der Waals surface area contributed by atoms with Gasteiger partial charge in [0.05, 0.1) is 13.7 Å². The molecule has 0 aromatic heterocycles. The maximum absolute atomic E-state index is 5.92. The van der Waals surface area contributed by atoms with E-state index in [2.05, 4.69) is 38.9 Å². The van der Waals surface area contributed by atoms with Crippen LogP contribution in [0, 0.1) is 0 Å². The molecule has 0 aliphatic heterocycles. The second-order valence-corrected chi connectivity index (χ2v) is 5.61. The van der Waals surface area contributed by atoms with Crippen molar-refractivity contribution in [2.24, 2.45) is 5.73 Å². The third-order valence-corrected chi connectivity index (χ3v) is 3.79. The molecule has 0 radical (unpaired) electrons. The van der Waals surface area contributed by atoms with Crippen LogP contribution in [0.2, 0.25) is 0 Å². The first-order valence-corrected chi connectivity index (χ1v) is 7.14. The maximum atomic E-state index is 5.92. The fraction of sp³-hybridized carbons (Fsp3) is 0.625. The molecular weight excluding hydrogens is 252 g/mol. The molecule has 2 N–H and O–H groups in total. The van der Waals surface area contributed by atoms with Crippen molar-refractivity contribution in [3.05, 3.63) is 23.8 Å². The summed E-state index contributed by atoms with van der Waals surface area (Å²) in [7, 11) is 5.79. The van der Waals surface area contributed by atoms with E-state index in [-0.39, 0.29) is 5.54 Å². The molecule has 0 heterocycles. The molecule has 1 atom stereocenters. The van der Waals surface area contributed by atoms with Crippen LogP contribution in [-0.2, 0) is 6.42 Å². The Bertz CT molecular complexity index is 421. The first kappa shape index (κ1) is 16.8. The molecule has 1 unspecified atom stereocenters. The van der Waals surface area contributed by atoms with Crippen LogP contribution in [0.25, 0.3) is 0 Å². The van der Waals surface area contributed by atoms with Gasteiger partial charge in [-0.05, 0) is 51.6 Å². The van der Waals surface area contributed by atoms with E-state index < -0.39 is 0 Å². The van der Waals surface area contributed by atoms with Crippen LogP contribution in [0.4, 0.5) is 0 Å². The van der Waals surface area contributed by atoms with Crippen LogP contribution >= 0.6 is 0 Å². The highest BCUT2D eigenvalue weighted by Crippen LogP contribution is 2.30. The van der Waals surface area contributed by atoms with Gasteiger partial charge in [-0.25, -0.2) is 0 Å². The molecule has 4 heteroatoms. The lowest BCUT2D eigenvalue weighted by Crippen LogP contribution is -2.49. The number of hydrogen-bond acceptors (Lipinski definition) is 4. The van der Waals surface area contributed by atoms with Crippen molar-refractivity contribution in [2.75, 3.05) is 34.4 Å². The maximum Gasteiger partial charge on any atom is 0.161 e. The molecule has 4 nitrogen and oxygen atoms in total. The lowest BCUT2D eigenvalue weighted by Gasteiger charge is -2.35. The lowest BCUT2D eigenvalue weighted by atomic mass is 9.91. The summed E-state index contributed by atoms with van der Waals surface area (Å²) in [4.78, 5) is 2.17. The zero-order valence-electron chi connectivity index (χ0n) is 13.4. The molecule has 1 aromatic rings. The molecule has 20 heavy (non-hydrogen) atoms. The summed E-state index contributed by atoms with van der Waals surface area (Å²) in [6.45, 7) is 5.57. The standard InChI is InChI=1S/C16H28N2O2/c1-6-9-20-14-8-7-13(10-15(14)19-5)11-16(2,12-17)18(3)4/h7-8,10H,6,9,11-12,17H2,1-5H3. The highest BCUT2D eigenvalue weighted by Gasteiger charge is 2.25. The Morgan fingerprint density at radius 1 is 1.25 bits per heavy atom. The smallest absolute Gasteiger partial charge is 0.161 e. The van der Waals surface area contributed by atoms with Crippen molar-refractivity contribution in [2.45, 2.75) is 32.2 Å². The van der Waals surface area contributed by atoms with Gasteiger partial charge in [0.2, 0.25) is 0 Å². The summed E-state index contributed by atoms with van der Waals surface area (Å²) < 4.78 is 11.1. The number of benzene rings is 1. The molecule has 0 aliphatic carbocycles. The average molecular weight is 280 g/mol. The fourth-order valence-electron chi connectivity index (χ4n) is 2.01. The minimum absolute atomic E-state index is 0.0587. The SMILES string of the molecule is CCCOc1ccc(CC(C)(CN)N(C)C)cc1OC. The van der Waals surface area contributed by atoms with E-state index in [0.29, 0.717) is 13.2 Å². The van der Waals surface area contributed by atoms with Gasteiger partial charge in [-0.15, -0.1) is 0 Å². The minimum atomic E-state index is -0.0587. The van der Waals surface area contributed by atoms with Gasteiger partial charge < -0.3 is 20.1 Å². The lowest BCUT2D eigenvalue weighted by molar-refractivity contribution is 0.181. The molecule has 1 aromatic carbocycles. The van der Waals surface area contributed by atoms with Gasteiger partial charge in [0.1, 0.15) is 0 Å². The summed E-state index contributed by atoms with van der Waals surface area (Å²) in [6, 6.07) is 6.11. The molecule has 0 fully saturated rings. The highest BCUT2D eigenvalue weighted by molar-refractivity contribution is 5.43. The Labute approximate surface area is 122 Å². The molecule has 0 bridgehead atoms. The van der Waals surface area contributed by atoms with Crippen LogP contribution in [0.3, 0.4) is 0 Å². The topological polar surface area (TPSA) is 47.7 Å². The number of hydrogen-bond donors (Lipinski definition) is 1. The number of rotatable bonds is 8. The zero-order valence-corrected chi connectivity index (χ0v) is 13.4. The van der Waals surface area contributed by atoms with Crippen molar-refractivity contribution < 1.29 is 9.47 Å². The number of nitrogens with zero attached hydrogens (tertiary/aromatic N) is 1. The predicted octanol–water partition coefficient (Wildman–Crippen LogP) is 2.31. The number of nitrogens with two attached hydrogens (primary N) is 1. The largest absolute Gasteiger partial charge is 0.493 e. The van der Waals surface area contributed by atoms with Crippen LogP contribution in [0.1, 0.15) is 25.8 Å². The Morgan fingerprint density at radius 2 is 1.95 bits per heavy atom. The van der Waals surface area contributed by atoms with Crippen molar-refractivity contribution in [3.8, 4) is 11.5 Å². The molecule has 0 saturated heterocycles. The number of ether oxygens (including phenoxy) is 2. The second kappa shape index (κ2) is 7.50. The average Bonchev–Trinajstić information content (AvgIpc) is 2.45. The summed E-state index contributed by atoms with van der Waals surface area (Å²) in [5, 5.41) is 0. The van der Waals surface area contributed by atoms with Gasteiger partial charge in [0.25, 0.3) is 0 Å². The first-order chi connectivity index (χ1) is 9.46.